The quantitative estimate of drug-likeness (QED) is 0.290. The molecule has 2 aromatic rings. The summed E-state index contributed by atoms with van der Waals surface area (Å²) in [5.41, 5.74) is 6.85. The van der Waals surface area contributed by atoms with Crippen LogP contribution in [0.25, 0.3) is 10.9 Å². The van der Waals surface area contributed by atoms with Crippen LogP contribution < -0.4 is 5.73 Å². The summed E-state index contributed by atoms with van der Waals surface area (Å²) >= 11 is 3.37. The van der Waals surface area contributed by atoms with Crippen molar-refractivity contribution in [3.63, 3.8) is 0 Å². The van der Waals surface area contributed by atoms with E-state index in [-0.39, 0.29) is 24.8 Å². The van der Waals surface area contributed by atoms with E-state index in [4.69, 9.17) is 5.73 Å². The Morgan fingerprint density at radius 1 is 1.57 bits per heavy atom. The van der Waals surface area contributed by atoms with Crippen LogP contribution in [-0.2, 0) is 9.57 Å². The van der Waals surface area contributed by atoms with Gasteiger partial charge in [-0.1, -0.05) is 21.1 Å². The van der Waals surface area contributed by atoms with E-state index in [1.165, 1.54) is 10.2 Å². The van der Waals surface area contributed by atoms with E-state index in [0.29, 0.717) is 16.5 Å². The fourth-order valence-electron chi connectivity index (χ4n) is 1.71. The second kappa shape index (κ2) is 6.81. The highest BCUT2D eigenvalue weighted by molar-refractivity contribution is 9.10. The fraction of sp³-hybridized carbons (Fsp3) is 0.167. The number of carbonyl (C=O) groups excluding carboxylic acids is 1. The maximum atomic E-state index is 12.9. The topological polar surface area (TPSA) is 78.8 Å². The number of rotatable bonds is 4. The first-order valence-electron chi connectivity index (χ1n) is 5.84. The Morgan fingerprint density at radius 2 is 2.33 bits per heavy atom. The van der Waals surface area contributed by atoms with E-state index in [1.807, 2.05) is 0 Å². The van der Waals surface area contributed by atoms with Crippen LogP contribution in [0.1, 0.15) is 12.5 Å². The molecule has 112 valence electrons. The molecular formula is C12H11BrFN3O3S. The minimum atomic E-state index is -0.953. The summed E-state index contributed by atoms with van der Waals surface area (Å²) in [5, 5.41) is 4.17. The molecule has 0 aliphatic rings. The molecule has 2 rings (SSSR count). The molecule has 0 aliphatic heterocycles. The Bertz CT molecular complexity index is 704. The summed E-state index contributed by atoms with van der Waals surface area (Å²) in [4.78, 5) is 15.6. The predicted octanol–water partition coefficient (Wildman–Crippen LogP) is 3.58. The maximum Gasteiger partial charge on any atom is 0.535 e. The van der Waals surface area contributed by atoms with Gasteiger partial charge in [-0.2, -0.15) is 0 Å². The Kier molecular flexibility index (Phi) is 5.07. The zero-order valence-corrected chi connectivity index (χ0v) is 13.3. The van der Waals surface area contributed by atoms with Crippen LogP contribution in [0.15, 0.2) is 34.0 Å². The molecule has 1 aromatic heterocycles. The van der Waals surface area contributed by atoms with Gasteiger partial charge in [-0.3, -0.25) is 8.81 Å². The number of nitrogens with zero attached hydrogens (tertiary/aromatic N) is 2. The summed E-state index contributed by atoms with van der Waals surface area (Å²) in [6, 6.07) is 5.28. The number of amidine groups is 1. The number of fused-ring (bicyclic) bond motifs is 1. The minimum absolute atomic E-state index is 0.0333. The van der Waals surface area contributed by atoms with E-state index >= 15 is 0 Å². The third-order valence-electron chi connectivity index (χ3n) is 2.56. The van der Waals surface area contributed by atoms with Crippen molar-refractivity contribution in [2.45, 2.75) is 6.92 Å². The smallest absolute Gasteiger partial charge is 0.433 e. The second-order valence-electron chi connectivity index (χ2n) is 3.85. The van der Waals surface area contributed by atoms with Gasteiger partial charge in [0, 0.05) is 21.6 Å². The highest BCUT2D eigenvalue weighted by Gasteiger charge is 2.14. The highest BCUT2D eigenvalue weighted by atomic mass is 79.9. The zero-order chi connectivity index (χ0) is 15.4. The van der Waals surface area contributed by atoms with Crippen molar-refractivity contribution in [1.29, 1.82) is 0 Å². The molecule has 0 atom stereocenters. The van der Waals surface area contributed by atoms with Gasteiger partial charge in [0.1, 0.15) is 0 Å². The van der Waals surface area contributed by atoms with Gasteiger partial charge in [0.15, 0.2) is 18.2 Å². The van der Waals surface area contributed by atoms with Crippen LogP contribution >= 0.6 is 28.3 Å². The highest BCUT2D eigenvalue weighted by Crippen LogP contribution is 2.28. The molecule has 0 spiro atoms. The molecule has 2 N–H and O–H groups in total. The van der Waals surface area contributed by atoms with Gasteiger partial charge in [-0.25, -0.2) is 4.79 Å². The molecule has 0 bridgehead atoms. The van der Waals surface area contributed by atoms with E-state index in [1.54, 1.807) is 25.1 Å². The Balaban J connectivity index is 2.38. The average Bonchev–Trinajstić information content (AvgIpc) is 2.83. The number of hydrogen-bond acceptors (Lipinski definition) is 5. The van der Waals surface area contributed by atoms with E-state index in [9.17, 15) is 8.68 Å². The van der Waals surface area contributed by atoms with Gasteiger partial charge in [-0.05, 0) is 25.1 Å². The zero-order valence-electron chi connectivity index (χ0n) is 10.9. The van der Waals surface area contributed by atoms with Gasteiger partial charge in [0.25, 0.3) is 0 Å². The largest absolute Gasteiger partial charge is 0.535 e. The molecule has 1 aromatic carbocycles. The molecular weight excluding hydrogens is 365 g/mol. The van der Waals surface area contributed by atoms with Crippen LogP contribution in [0.4, 0.5) is 8.68 Å². The third kappa shape index (κ3) is 3.48. The van der Waals surface area contributed by atoms with Crippen LogP contribution in [0.2, 0.25) is 0 Å². The van der Waals surface area contributed by atoms with E-state index in [0.717, 1.165) is 4.47 Å². The Morgan fingerprint density at radius 3 is 3.00 bits per heavy atom. The van der Waals surface area contributed by atoms with E-state index in [2.05, 4.69) is 30.7 Å². The van der Waals surface area contributed by atoms with Crippen LogP contribution in [-0.4, -0.2) is 22.6 Å². The average molecular weight is 376 g/mol. The lowest BCUT2D eigenvalue weighted by molar-refractivity contribution is 0.0613. The summed E-state index contributed by atoms with van der Waals surface area (Å²) in [7, 11) is 0. The van der Waals surface area contributed by atoms with Gasteiger partial charge in [0.2, 0.25) is 0 Å². The van der Waals surface area contributed by atoms with Gasteiger partial charge < -0.3 is 10.5 Å². The van der Waals surface area contributed by atoms with Gasteiger partial charge in [0.05, 0.1) is 12.1 Å². The summed E-state index contributed by atoms with van der Waals surface area (Å²) in [6.07, 6.45) is 0.514. The van der Waals surface area contributed by atoms with Crippen molar-refractivity contribution in [3.8, 4) is 0 Å². The Labute approximate surface area is 132 Å². The molecule has 0 saturated carbocycles. The molecule has 0 aliphatic carbocycles. The van der Waals surface area contributed by atoms with Crippen molar-refractivity contribution < 1.29 is 18.3 Å². The summed E-state index contributed by atoms with van der Waals surface area (Å²) in [5.74, 6) is -0.0565. The molecule has 0 fully saturated rings. The van der Waals surface area contributed by atoms with Crippen molar-refractivity contribution in [2.75, 3.05) is 6.61 Å². The standard InChI is InChI=1S/C12H11BrFN3O3S/c1-2-19-12(18)20-16-11(15)9-6-17(21-14)10-4-3-7(13)5-8(9)10/h3-6H,2H2,1H3,(H2,15,16). The van der Waals surface area contributed by atoms with Crippen LogP contribution in [0.5, 0.6) is 0 Å². The van der Waals surface area contributed by atoms with Crippen LogP contribution in [0.3, 0.4) is 0 Å². The summed E-state index contributed by atoms with van der Waals surface area (Å²) in [6.45, 7) is 1.80. The molecule has 0 unspecified atom stereocenters. The Hall–Kier alpha value is -1.74. The van der Waals surface area contributed by atoms with Crippen LogP contribution in [0, 0.1) is 0 Å². The van der Waals surface area contributed by atoms with Gasteiger partial charge >= 0.3 is 6.16 Å². The number of carbonyl (C=O) groups is 1. The SMILES string of the molecule is CCOC(=O)O/N=C(\N)c1cn(SF)c2ccc(Br)cc12. The normalized spacial score (nSPS) is 11.7. The molecule has 21 heavy (non-hydrogen) atoms. The molecule has 0 radical (unpaired) electrons. The first kappa shape index (κ1) is 15.6. The van der Waals surface area contributed by atoms with Crippen molar-refractivity contribution in [2.24, 2.45) is 10.9 Å². The molecule has 6 nitrogen and oxygen atoms in total. The fourth-order valence-corrected chi connectivity index (χ4v) is 2.45. The summed E-state index contributed by atoms with van der Waals surface area (Å²) < 4.78 is 19.6. The first-order chi connectivity index (χ1) is 10.1. The lowest BCUT2D eigenvalue weighted by atomic mass is 10.1. The minimum Gasteiger partial charge on any atom is -0.433 e. The molecule has 0 amide bonds. The second-order valence-corrected chi connectivity index (χ2v) is 5.30. The predicted molar refractivity (Wildman–Crippen MR) is 82.6 cm³/mol. The molecule has 9 heteroatoms. The first-order valence-corrected chi connectivity index (χ1v) is 7.30. The number of oxime groups is 1. The number of ether oxygens (including phenoxy) is 1. The number of aromatic nitrogens is 1. The number of halogens is 2. The third-order valence-corrected chi connectivity index (χ3v) is 3.51. The lowest BCUT2D eigenvalue weighted by Crippen LogP contribution is -2.15. The maximum absolute atomic E-state index is 12.9. The lowest BCUT2D eigenvalue weighted by Gasteiger charge is -2.00. The molecule has 0 saturated heterocycles. The van der Waals surface area contributed by atoms with Gasteiger partial charge in [-0.15, -0.1) is 3.89 Å². The van der Waals surface area contributed by atoms with Crippen molar-refractivity contribution in [3.05, 3.63) is 34.4 Å². The monoisotopic (exact) mass is 375 g/mol. The molecule has 1 heterocycles. The number of benzene rings is 1. The number of hydrogen-bond donors (Lipinski definition) is 1. The van der Waals surface area contributed by atoms with E-state index < -0.39 is 6.16 Å². The number of nitrogens with two attached hydrogens (primary N) is 1. The van der Waals surface area contributed by atoms with Crippen molar-refractivity contribution >= 4 is 51.2 Å². The van der Waals surface area contributed by atoms with Crippen molar-refractivity contribution in [1.82, 2.24) is 3.97 Å².